The predicted molar refractivity (Wildman–Crippen MR) is 130 cm³/mol. The molecule has 14 heteroatoms. The number of hydrogen-bond donors (Lipinski definition) is 2. The summed E-state index contributed by atoms with van der Waals surface area (Å²) in [6.45, 7) is 2.79. The zero-order valence-electron chi connectivity index (χ0n) is 18.3. The van der Waals surface area contributed by atoms with Crippen LogP contribution in [0.2, 0.25) is 0 Å². The molecule has 0 aliphatic carbocycles. The minimum absolute atomic E-state index is 0.215. The maximum atomic E-state index is 13.5. The van der Waals surface area contributed by atoms with E-state index >= 15 is 0 Å². The molecule has 3 rings (SSSR count). The average molecular weight is 623 g/mol. The topological polar surface area (TPSA) is 138 Å². The highest BCUT2D eigenvalue weighted by atomic mass is 79.9. The summed E-state index contributed by atoms with van der Waals surface area (Å²) in [5.41, 5.74) is -0.768. The molecule has 0 amide bonds. The van der Waals surface area contributed by atoms with Crippen molar-refractivity contribution in [3.8, 4) is 5.75 Å². The van der Waals surface area contributed by atoms with Gasteiger partial charge >= 0.3 is 19.4 Å². The Morgan fingerprint density at radius 2 is 2.06 bits per heavy atom. The highest BCUT2D eigenvalue weighted by Gasteiger charge is 2.34. The van der Waals surface area contributed by atoms with Gasteiger partial charge in [-0.1, -0.05) is 22.0 Å². The Hall–Kier alpha value is -2.02. The standard InChI is InChI=1S/C20H22Br2N3O8P/c1-11-9-25(20(28)23-18(11)26)17-7-5-14(32-17)10-31-34(29,24-12(2)19(27)30-3)33-16-6-4-13(21)8-15(16)22/h4-9,12,14,17H,10H2,1-3H3,(H,24,29)(H,23,26,28)/t12-,14-,17+,34?/m0/s1. The van der Waals surface area contributed by atoms with Gasteiger partial charge in [0.25, 0.3) is 5.56 Å². The number of carbonyl (C=O) groups excluding carboxylic acids is 1. The normalized spacial score (nSPS) is 20.0. The van der Waals surface area contributed by atoms with Gasteiger partial charge in [-0.15, -0.1) is 0 Å². The van der Waals surface area contributed by atoms with Gasteiger partial charge in [0.2, 0.25) is 0 Å². The maximum Gasteiger partial charge on any atom is 0.459 e. The Kier molecular flexibility index (Phi) is 8.72. The number of H-pyrrole nitrogens is 1. The van der Waals surface area contributed by atoms with Crippen LogP contribution >= 0.6 is 39.6 Å². The fourth-order valence-electron chi connectivity index (χ4n) is 2.92. The second kappa shape index (κ2) is 11.1. The van der Waals surface area contributed by atoms with E-state index in [0.29, 0.717) is 10.0 Å². The third-order valence-electron chi connectivity index (χ3n) is 4.65. The fourth-order valence-corrected chi connectivity index (χ4v) is 5.70. The van der Waals surface area contributed by atoms with Crippen LogP contribution in [0.1, 0.15) is 18.7 Å². The molecule has 0 bridgehead atoms. The van der Waals surface area contributed by atoms with Crippen LogP contribution in [-0.2, 0) is 23.4 Å². The molecule has 34 heavy (non-hydrogen) atoms. The Labute approximate surface area is 211 Å². The Morgan fingerprint density at radius 1 is 1.32 bits per heavy atom. The Morgan fingerprint density at radius 3 is 2.74 bits per heavy atom. The second-order valence-corrected chi connectivity index (χ2v) is 10.7. The van der Waals surface area contributed by atoms with Gasteiger partial charge in [-0.3, -0.25) is 23.7 Å². The summed E-state index contributed by atoms with van der Waals surface area (Å²) in [5.74, 6) is -0.445. The minimum atomic E-state index is -4.10. The molecule has 2 N–H and O–H groups in total. The summed E-state index contributed by atoms with van der Waals surface area (Å²) in [7, 11) is -2.90. The molecule has 1 unspecified atom stereocenters. The largest absolute Gasteiger partial charge is 0.468 e. The molecular formula is C20H22Br2N3O8P. The van der Waals surface area contributed by atoms with Crippen molar-refractivity contribution in [3.05, 3.63) is 71.9 Å². The van der Waals surface area contributed by atoms with Gasteiger partial charge in [0.15, 0.2) is 6.23 Å². The molecule has 0 radical (unpaired) electrons. The molecular weight excluding hydrogens is 601 g/mol. The van der Waals surface area contributed by atoms with E-state index in [1.165, 1.54) is 24.8 Å². The molecule has 2 heterocycles. The van der Waals surface area contributed by atoms with Crippen LogP contribution in [0, 0.1) is 6.92 Å². The molecule has 4 atom stereocenters. The van der Waals surface area contributed by atoms with Gasteiger partial charge < -0.3 is 14.0 Å². The molecule has 0 saturated carbocycles. The van der Waals surface area contributed by atoms with E-state index < -0.39 is 43.3 Å². The van der Waals surface area contributed by atoms with E-state index in [2.05, 4.69) is 46.7 Å². The van der Waals surface area contributed by atoms with Crippen molar-refractivity contribution >= 4 is 45.6 Å². The molecule has 1 aliphatic heterocycles. The van der Waals surface area contributed by atoms with Crippen LogP contribution in [0.25, 0.3) is 0 Å². The summed E-state index contributed by atoms with van der Waals surface area (Å²) in [6, 6.07) is 3.95. The van der Waals surface area contributed by atoms with Crippen molar-refractivity contribution in [2.75, 3.05) is 13.7 Å². The fraction of sp³-hybridized carbons (Fsp3) is 0.350. The molecule has 2 aromatic rings. The second-order valence-electron chi connectivity index (χ2n) is 7.26. The number of aryl methyl sites for hydroxylation is 1. The maximum absolute atomic E-state index is 13.5. The number of carbonyl (C=O) groups is 1. The van der Waals surface area contributed by atoms with Crippen molar-refractivity contribution in [2.45, 2.75) is 32.2 Å². The summed E-state index contributed by atoms with van der Waals surface area (Å²) in [4.78, 5) is 37.8. The van der Waals surface area contributed by atoms with Crippen LogP contribution in [0.3, 0.4) is 0 Å². The van der Waals surface area contributed by atoms with E-state index in [1.54, 1.807) is 37.3 Å². The van der Waals surface area contributed by atoms with Gasteiger partial charge in [0, 0.05) is 16.2 Å². The third-order valence-corrected chi connectivity index (χ3v) is 7.39. The lowest BCUT2D eigenvalue weighted by molar-refractivity contribution is -0.142. The van der Waals surface area contributed by atoms with Gasteiger partial charge in [0.1, 0.15) is 17.9 Å². The van der Waals surface area contributed by atoms with Crippen LogP contribution < -0.4 is 20.9 Å². The predicted octanol–water partition coefficient (Wildman–Crippen LogP) is 3.18. The number of hydrogen-bond acceptors (Lipinski definition) is 8. The first kappa shape index (κ1) is 26.6. The SMILES string of the molecule is COC(=O)[C@H](C)NP(=O)(OC[C@@H]1C=C[C@H](n2cc(C)c(=O)[nH]c2=O)O1)Oc1ccc(Br)cc1Br. The first-order valence-electron chi connectivity index (χ1n) is 9.92. The monoisotopic (exact) mass is 621 g/mol. The highest BCUT2D eigenvalue weighted by molar-refractivity contribution is 9.11. The van der Waals surface area contributed by atoms with Crippen LogP contribution in [0.5, 0.6) is 5.75 Å². The smallest absolute Gasteiger partial charge is 0.459 e. The number of benzene rings is 1. The quantitative estimate of drug-likeness (QED) is 0.245. The van der Waals surface area contributed by atoms with Crippen LogP contribution in [0.4, 0.5) is 0 Å². The summed E-state index contributed by atoms with van der Waals surface area (Å²) >= 11 is 6.66. The van der Waals surface area contributed by atoms with E-state index in [4.69, 9.17) is 13.8 Å². The first-order valence-corrected chi connectivity index (χ1v) is 13.0. The van der Waals surface area contributed by atoms with Crippen molar-refractivity contribution < 1.29 is 27.9 Å². The highest BCUT2D eigenvalue weighted by Crippen LogP contribution is 2.47. The van der Waals surface area contributed by atoms with Crippen LogP contribution in [-0.4, -0.2) is 41.4 Å². The summed E-state index contributed by atoms with van der Waals surface area (Å²) in [6.07, 6.45) is 3.14. The zero-order chi connectivity index (χ0) is 25.0. The van der Waals surface area contributed by atoms with Gasteiger partial charge in [-0.05, 0) is 54.1 Å². The van der Waals surface area contributed by atoms with Crippen molar-refractivity contribution in [1.82, 2.24) is 14.6 Å². The lowest BCUT2D eigenvalue weighted by atomic mass is 10.3. The molecule has 184 valence electrons. The summed E-state index contributed by atoms with van der Waals surface area (Å²) < 4.78 is 37.7. The molecule has 0 saturated heterocycles. The third kappa shape index (κ3) is 6.55. The van der Waals surface area contributed by atoms with E-state index in [9.17, 15) is 18.9 Å². The number of rotatable bonds is 9. The number of esters is 1. The summed E-state index contributed by atoms with van der Waals surface area (Å²) in [5, 5.41) is 2.55. The van der Waals surface area contributed by atoms with Gasteiger partial charge in [-0.2, -0.15) is 5.09 Å². The Balaban J connectivity index is 1.74. The first-order chi connectivity index (χ1) is 16.0. The molecule has 1 aromatic heterocycles. The average Bonchev–Trinajstić information content (AvgIpc) is 3.25. The molecule has 11 nitrogen and oxygen atoms in total. The van der Waals surface area contributed by atoms with Gasteiger partial charge in [0.05, 0.1) is 18.2 Å². The van der Waals surface area contributed by atoms with Gasteiger partial charge in [-0.25, -0.2) is 9.36 Å². The van der Waals surface area contributed by atoms with E-state index in [1.807, 2.05) is 0 Å². The van der Waals surface area contributed by atoms with E-state index in [0.717, 1.165) is 4.47 Å². The molecule has 1 aliphatic rings. The van der Waals surface area contributed by atoms with Crippen LogP contribution in [0.15, 0.2) is 55.1 Å². The number of ether oxygens (including phenoxy) is 2. The number of nitrogens with zero attached hydrogens (tertiary/aromatic N) is 1. The number of methoxy groups -OCH3 is 1. The Bertz CT molecular complexity index is 1260. The molecule has 0 spiro atoms. The zero-order valence-corrected chi connectivity index (χ0v) is 22.4. The number of nitrogens with one attached hydrogen (secondary N) is 2. The van der Waals surface area contributed by atoms with Crippen molar-refractivity contribution in [2.24, 2.45) is 0 Å². The lowest BCUT2D eigenvalue weighted by Gasteiger charge is -2.24. The lowest BCUT2D eigenvalue weighted by Crippen LogP contribution is -2.35. The molecule has 1 aromatic carbocycles. The van der Waals surface area contributed by atoms with Crippen molar-refractivity contribution in [1.29, 1.82) is 0 Å². The molecule has 0 fully saturated rings. The number of aromatic amines is 1. The minimum Gasteiger partial charge on any atom is -0.468 e. The van der Waals surface area contributed by atoms with E-state index in [-0.39, 0.29) is 12.4 Å². The number of aromatic nitrogens is 2. The van der Waals surface area contributed by atoms with Crippen molar-refractivity contribution in [3.63, 3.8) is 0 Å². The number of halogens is 2.